The summed E-state index contributed by atoms with van der Waals surface area (Å²) in [5, 5.41) is 17.8. The van der Waals surface area contributed by atoms with Crippen molar-refractivity contribution in [3.05, 3.63) is 46.3 Å². The molecule has 0 spiro atoms. The van der Waals surface area contributed by atoms with E-state index in [1.807, 2.05) is 58.0 Å². The number of hydrogen-bond donors (Lipinski definition) is 1. The van der Waals surface area contributed by atoms with Crippen LogP contribution in [0, 0.1) is 112 Å². The van der Waals surface area contributed by atoms with Crippen molar-refractivity contribution in [2.24, 2.45) is 118 Å². The molecule has 55 atom stereocenters. The van der Waals surface area contributed by atoms with Crippen LogP contribution < -0.4 is 0 Å². The lowest BCUT2D eigenvalue weighted by Gasteiger charge is -2.53. The molecule has 0 aromatic heterocycles. The fraction of sp³-hybridized carbons (Fsp3) is 0.910. The molecule has 146 heavy (non-hydrogen) atoms. The van der Waals surface area contributed by atoms with Gasteiger partial charge in [-0.3, -0.25) is 19.2 Å². The van der Waals surface area contributed by atoms with Gasteiger partial charge in [-0.25, -0.2) is 0 Å². The second-order valence-electron chi connectivity index (χ2n) is 44.8. The van der Waals surface area contributed by atoms with E-state index in [2.05, 4.69) is 176 Å². The molecule has 11 aliphatic heterocycles. The van der Waals surface area contributed by atoms with E-state index in [1.165, 1.54) is 27.7 Å². The normalized spacial score (nSPS) is 46.6. The van der Waals surface area contributed by atoms with Crippen LogP contribution >= 0.6 is 0 Å². The summed E-state index contributed by atoms with van der Waals surface area (Å²) in [6, 6.07) is 9.71. The Morgan fingerprint density at radius 1 is 0.267 bits per heavy atom. The number of carbonyl (C=O) groups is 4. The van der Waals surface area contributed by atoms with Gasteiger partial charge in [-0.15, -0.1) is 0 Å². The smallest absolute Gasteiger partial charge is 0.303 e. The molecule has 11 heterocycles. The third-order valence-electron chi connectivity index (χ3n) is 35.9. The lowest BCUT2D eigenvalue weighted by atomic mass is 9.80. The van der Waals surface area contributed by atoms with Gasteiger partial charge in [0, 0.05) is 74.7 Å². The molecule has 22 unspecified atom stereocenters. The average Bonchev–Trinajstić information content (AvgIpc) is 0.800. The minimum Gasteiger partial charge on any atom is -0.457 e. The van der Waals surface area contributed by atoms with Gasteiger partial charge in [-0.1, -0.05) is 229 Å². The van der Waals surface area contributed by atoms with Crippen molar-refractivity contribution < 1.29 is 152 Å². The van der Waals surface area contributed by atoms with E-state index < -0.39 is 222 Å². The van der Waals surface area contributed by atoms with Gasteiger partial charge in [0.25, 0.3) is 0 Å². The highest BCUT2D eigenvalue weighted by atomic mass is 16.8. The van der Waals surface area contributed by atoms with Gasteiger partial charge in [0.05, 0.1) is 106 Å². The molecule has 0 radical (unpaired) electrons. The maximum Gasteiger partial charge on any atom is 0.303 e. The molecule has 0 saturated carbocycles. The van der Waals surface area contributed by atoms with Gasteiger partial charge in [0.2, 0.25) is 0 Å². The Morgan fingerprint density at radius 2 is 0.527 bits per heavy atom. The molecule has 1 N–H and O–H groups in total. The maximum absolute atomic E-state index is 14.5. The van der Waals surface area contributed by atoms with Crippen LogP contribution in [-0.2, 0) is 154 Å². The number of nitrogens with zero attached hydrogens (tertiary/aromatic N) is 3. The second-order valence-corrected chi connectivity index (χ2v) is 44.8. The average molecular weight is 2070 g/mol. The summed E-state index contributed by atoms with van der Waals surface area (Å²) in [5.74, 6) is -5.69. The molecule has 0 amide bonds. The van der Waals surface area contributed by atoms with E-state index in [0.29, 0.717) is 57.8 Å². The summed E-state index contributed by atoms with van der Waals surface area (Å²) in [5.41, 5.74) is 9.86. The molecule has 0 aliphatic carbocycles. The second kappa shape index (κ2) is 54.7. The maximum atomic E-state index is 14.5. The molecule has 1 aromatic rings. The van der Waals surface area contributed by atoms with Gasteiger partial charge < -0.3 is 133 Å². The van der Waals surface area contributed by atoms with Crippen molar-refractivity contribution in [3.8, 4) is 0 Å². The minimum atomic E-state index is -1.79. The molecule has 0 bridgehead atoms. The van der Waals surface area contributed by atoms with Gasteiger partial charge in [0.1, 0.15) is 48.8 Å². The standard InChI is InChI=1S/C111H185N3O32/c1-33-76-52(10)59(17)91(142-105-92(124-71(29)115)60(18)53(11)77(34-2)129-105)103(128-76)122-50-85-70(28)90(141-108-95(63(21)56(14)80(37-5)132-108)143-106-93(125-72(30)116)61(19)54(12)78(35-3)130-106)99(121-49-75-45-43-42-44-46-75)104(137-85)123-51-86-87(119)98(100(127-74(32)118)111(138-86)140-89-67(25)69(27)102(136-84(89)41-9)139-88-66(24)68(26)101(135-83(88)40-8)120-48-47-113-114-112)146-110-97(65(23)58(16)82(39-7)134-110)145-109-96(64(22)57(15)81(38-6)133-109)144-107-94(126-73(31)117)62(20)55(13)79(36-4)131-107/h42-46,52-70,76-111,119H,33-41,47-51H2,1-32H3/t52-,53-,54-,55-,56-,57-,58-,59-,60-,61?,62?,63?,64?,65?,66+,67+,68?,69?,70+,76?,77?,78-,79-,80-,81-,82-,83?,84?,85?,86?,87+,88-,89-,90-,91?,92?,93?,94?,95?,96?,97?,98-,99?,100?,101+,102-,103-,104-,105+,106+,107+,108+,109+,110+,111-/m0/s1. The number of benzene rings is 1. The van der Waals surface area contributed by atoms with Crippen LogP contribution in [0.25, 0.3) is 10.4 Å². The predicted octanol–water partition coefficient (Wildman–Crippen LogP) is 17.9. The first-order chi connectivity index (χ1) is 69.5. The number of carbonyl (C=O) groups excluding carboxylic acids is 4. The summed E-state index contributed by atoms with van der Waals surface area (Å²) in [6.07, 6.45) is -26.7. The molecular weight excluding hydrogens is 1890 g/mol. The summed E-state index contributed by atoms with van der Waals surface area (Å²) in [4.78, 5) is 56.9. The van der Waals surface area contributed by atoms with Gasteiger partial charge in [-0.05, 0) is 146 Å². The Morgan fingerprint density at radius 3 is 0.890 bits per heavy atom. The van der Waals surface area contributed by atoms with E-state index in [-0.39, 0.29) is 170 Å². The summed E-state index contributed by atoms with van der Waals surface area (Å²) in [6.45, 7) is 63.4. The summed E-state index contributed by atoms with van der Waals surface area (Å²) < 4.78 is 192. The van der Waals surface area contributed by atoms with Gasteiger partial charge in [0.15, 0.2) is 93.6 Å². The van der Waals surface area contributed by atoms with Crippen molar-refractivity contribution in [2.75, 3.05) is 26.4 Å². The van der Waals surface area contributed by atoms with Crippen molar-refractivity contribution in [3.63, 3.8) is 0 Å². The Labute approximate surface area is 869 Å². The molecular formula is C111H185N3O32. The van der Waals surface area contributed by atoms with Crippen molar-refractivity contribution in [1.29, 1.82) is 0 Å². The number of aliphatic hydroxyl groups excluding tert-OH is 1. The van der Waals surface area contributed by atoms with E-state index >= 15 is 0 Å². The summed E-state index contributed by atoms with van der Waals surface area (Å²) >= 11 is 0. The van der Waals surface area contributed by atoms with Crippen molar-refractivity contribution >= 4 is 23.9 Å². The highest BCUT2D eigenvalue weighted by molar-refractivity contribution is 5.67. The first kappa shape index (κ1) is 120. The molecule has 11 saturated heterocycles. The Hall–Kier alpha value is -4.55. The third kappa shape index (κ3) is 27.7. The molecule has 11 fully saturated rings. The first-order valence-electron chi connectivity index (χ1n) is 55.9. The monoisotopic (exact) mass is 2070 g/mol. The van der Waals surface area contributed by atoms with E-state index in [4.69, 9.17) is 133 Å². The van der Waals surface area contributed by atoms with Crippen LogP contribution in [0.3, 0.4) is 0 Å². The fourth-order valence-electron chi connectivity index (χ4n) is 24.6. The summed E-state index contributed by atoms with van der Waals surface area (Å²) in [7, 11) is 0. The van der Waals surface area contributed by atoms with Crippen LogP contribution in [0.2, 0.25) is 0 Å². The molecule has 1 aromatic carbocycles. The van der Waals surface area contributed by atoms with Crippen LogP contribution in [0.1, 0.15) is 285 Å². The quantitative estimate of drug-likeness (QED) is 0.0159. The Kier molecular flexibility index (Phi) is 45.0. The number of aliphatic hydroxyl groups is 1. The van der Waals surface area contributed by atoms with Gasteiger partial charge in [-0.2, -0.15) is 0 Å². The van der Waals surface area contributed by atoms with E-state index in [1.54, 1.807) is 0 Å². The zero-order chi connectivity index (χ0) is 107. The molecule has 836 valence electrons. The first-order valence-corrected chi connectivity index (χ1v) is 55.9. The Balaban J connectivity index is 0.968. The lowest BCUT2D eigenvalue weighted by molar-refractivity contribution is -0.397. The highest BCUT2D eigenvalue weighted by Crippen LogP contribution is 2.51. The zero-order valence-corrected chi connectivity index (χ0v) is 93.5. The SMILES string of the molecule is CCC1O[C@H](OC2[C@@H](OCC3O[C@H](OCC4O[C@@H](O[C@@H]5C(CC)O[C@@H](O[C@@H]6C(CC)O[C@@H](OCCN=[N+]=[N-])C(C)[C@H]6C)C(C)[C@H]5C)C(OC(C)=O)[C@@H](O[C@H]5O[C@@H](CC)[C@@H](C)C(C)C5O[C@H]5O[C@@H](CC)[C@@H](C)C(C)C5O[C@H]5O[C@@H](CC)[C@@H](C)C(C)C5OC(C)=O)[C@@H]4O)C(OCc4ccccc4)[C@@H](O[C@H]4O[C@@H](CC)[C@@H](C)C(C)C4O[C@H]4O[C@@H](CC)[C@@H](C)C(C)C4OC(C)=O)[C@@H]3C)OC(CC)[C@@H](C)[C@@H]2C)C(OC(C)=O)[C@@H](C)[C@@H]1C. The van der Waals surface area contributed by atoms with Crippen LogP contribution in [0.5, 0.6) is 0 Å². The molecule has 11 aliphatic rings. The van der Waals surface area contributed by atoms with Crippen LogP contribution in [-0.4, -0.2) is 277 Å². The zero-order valence-electron chi connectivity index (χ0n) is 93.5. The topological polar surface area (TPSA) is 386 Å². The largest absolute Gasteiger partial charge is 0.457 e. The fourth-order valence-corrected chi connectivity index (χ4v) is 24.6. The number of esters is 4. The predicted molar refractivity (Wildman–Crippen MR) is 536 cm³/mol. The van der Waals surface area contributed by atoms with Crippen LogP contribution in [0.15, 0.2) is 35.4 Å². The van der Waals surface area contributed by atoms with Crippen LogP contribution in [0.4, 0.5) is 0 Å². The number of rotatable bonds is 42. The van der Waals surface area contributed by atoms with E-state index in [9.17, 15) is 24.3 Å². The molecule has 12 rings (SSSR count). The molecule has 35 heteroatoms. The lowest BCUT2D eigenvalue weighted by Crippen LogP contribution is -2.66. The number of hydrogen-bond acceptors (Lipinski definition) is 33. The van der Waals surface area contributed by atoms with Crippen molar-refractivity contribution in [2.45, 2.75) is 508 Å². The third-order valence-corrected chi connectivity index (χ3v) is 35.9. The number of ether oxygens (including phenoxy) is 27. The van der Waals surface area contributed by atoms with Crippen molar-refractivity contribution in [1.82, 2.24) is 0 Å². The van der Waals surface area contributed by atoms with E-state index in [0.717, 1.165) is 5.56 Å². The van der Waals surface area contributed by atoms with Gasteiger partial charge >= 0.3 is 23.9 Å². The minimum absolute atomic E-state index is 0.00409. The Bertz CT molecular complexity index is 4180. The highest BCUT2D eigenvalue weighted by Gasteiger charge is 2.62. The number of azide groups is 1. The molecule has 35 nitrogen and oxygen atoms in total.